The van der Waals surface area contributed by atoms with Gasteiger partial charge in [0, 0.05) is 0 Å². The van der Waals surface area contributed by atoms with Gasteiger partial charge in [0.15, 0.2) is 0 Å². The average Bonchev–Trinajstić information content (AvgIpc) is 1.99. The van der Waals surface area contributed by atoms with Crippen molar-refractivity contribution in [2.75, 3.05) is 39.5 Å². The van der Waals surface area contributed by atoms with E-state index in [1.54, 1.807) is 0 Å². The Morgan fingerprint density at radius 2 is 1.36 bits per heavy atom. The molecule has 14 heavy (non-hydrogen) atoms. The molecule has 82 valence electrons. The molecule has 3 fully saturated rings. The van der Waals surface area contributed by atoms with E-state index in [0.717, 1.165) is 19.6 Å². The van der Waals surface area contributed by atoms with Crippen molar-refractivity contribution >= 4 is 37.5 Å². The Balaban J connectivity index is 2.12. The third-order valence-electron chi connectivity index (χ3n) is 2.40. The van der Waals surface area contributed by atoms with E-state index < -0.39 is 17.9 Å². The summed E-state index contributed by atoms with van der Waals surface area (Å²) in [7, 11) is 0. The molecule has 2 bridgehead atoms. The molecule has 3 saturated heterocycles. The number of halogens is 2. The van der Waals surface area contributed by atoms with Crippen molar-refractivity contribution in [1.82, 2.24) is 4.90 Å². The van der Waals surface area contributed by atoms with E-state index in [9.17, 15) is 0 Å². The van der Waals surface area contributed by atoms with Crippen LogP contribution in [-0.2, 0) is 11.3 Å². The summed E-state index contributed by atoms with van der Waals surface area (Å²) >= 11 is 8.45. The Hall–Kier alpha value is 0.963. The van der Waals surface area contributed by atoms with Gasteiger partial charge in [-0.15, -0.1) is 0 Å². The second-order valence-corrected chi connectivity index (χ2v) is 11.5. The van der Waals surface area contributed by atoms with Crippen LogP contribution in [0.4, 0.5) is 0 Å². The molecule has 0 saturated carbocycles. The molecule has 4 nitrogen and oxygen atoms in total. The first-order valence-corrected chi connectivity index (χ1v) is 9.31. The Labute approximate surface area is 96.8 Å². The van der Waals surface area contributed by atoms with Gasteiger partial charge >= 0.3 is 96.8 Å². The number of rotatable bonds is 1. The average molecular weight is 303 g/mol. The fraction of sp³-hybridized carbons (Fsp3) is 1.00. The summed E-state index contributed by atoms with van der Waals surface area (Å²) < 4.78 is 16.3. The van der Waals surface area contributed by atoms with Gasteiger partial charge < -0.3 is 0 Å². The van der Waals surface area contributed by atoms with Crippen molar-refractivity contribution in [2.24, 2.45) is 0 Å². The van der Waals surface area contributed by atoms with Gasteiger partial charge in [-0.05, 0) is 0 Å². The molecule has 0 aromatic heterocycles. The molecule has 0 aromatic rings. The fourth-order valence-corrected chi connectivity index (χ4v) is 7.25. The number of fused-ring (bicyclic) bond motifs is 6. The Morgan fingerprint density at radius 1 is 0.929 bits per heavy atom. The van der Waals surface area contributed by atoms with Crippen molar-refractivity contribution in [3.05, 3.63) is 0 Å². The molecular weight excluding hydrogens is 290 g/mol. The zero-order valence-electron chi connectivity index (χ0n) is 7.75. The molecule has 0 unspecified atom stereocenters. The van der Waals surface area contributed by atoms with Crippen LogP contribution in [-0.4, -0.2) is 62.3 Å². The standard InChI is InChI=1S/C7H13Cl2GeNO3/c8-7(9)10-12-4-1-11(2-5-13-10)3-6-14-10/h7H,1-6H2. The van der Waals surface area contributed by atoms with E-state index >= 15 is 0 Å². The number of hydrogen-bond donors (Lipinski definition) is 0. The van der Waals surface area contributed by atoms with Gasteiger partial charge in [0.25, 0.3) is 0 Å². The Morgan fingerprint density at radius 3 is 1.71 bits per heavy atom. The molecule has 3 heterocycles. The Bertz CT molecular complexity index is 181. The molecule has 0 atom stereocenters. The van der Waals surface area contributed by atoms with Gasteiger partial charge in [0.1, 0.15) is 0 Å². The van der Waals surface area contributed by atoms with E-state index in [-0.39, 0.29) is 0 Å². The molecule has 0 amide bonds. The van der Waals surface area contributed by atoms with Crippen LogP contribution in [0.5, 0.6) is 0 Å². The van der Waals surface area contributed by atoms with E-state index in [1.165, 1.54) is 0 Å². The zero-order chi connectivity index (χ0) is 10.0. The van der Waals surface area contributed by atoms with Crippen LogP contribution in [0.3, 0.4) is 0 Å². The normalized spacial score (nSPS) is 39.2. The minimum atomic E-state index is -3.34. The molecule has 3 aliphatic rings. The maximum absolute atomic E-state index is 5.90. The van der Waals surface area contributed by atoms with Gasteiger partial charge in [-0.1, -0.05) is 0 Å². The van der Waals surface area contributed by atoms with Gasteiger partial charge in [-0.2, -0.15) is 0 Å². The van der Waals surface area contributed by atoms with E-state index in [2.05, 4.69) is 4.90 Å². The molecule has 3 aliphatic heterocycles. The predicted molar refractivity (Wildman–Crippen MR) is 55.5 cm³/mol. The van der Waals surface area contributed by atoms with E-state index in [0.29, 0.717) is 19.8 Å². The predicted octanol–water partition coefficient (Wildman–Crippen LogP) is 0.647. The quantitative estimate of drug-likeness (QED) is 0.526. The van der Waals surface area contributed by atoms with Crippen LogP contribution < -0.4 is 0 Å². The summed E-state index contributed by atoms with van der Waals surface area (Å²) in [5, 5.41) is 0. The van der Waals surface area contributed by atoms with Crippen molar-refractivity contribution in [1.29, 1.82) is 0 Å². The molecule has 7 heteroatoms. The summed E-state index contributed by atoms with van der Waals surface area (Å²) in [4.78, 5) is 2.25. The number of alkyl halides is 2. The first-order valence-electron chi connectivity index (χ1n) is 4.65. The van der Waals surface area contributed by atoms with E-state index in [1.807, 2.05) is 0 Å². The number of hydrogen-bond acceptors (Lipinski definition) is 4. The van der Waals surface area contributed by atoms with Crippen LogP contribution in [0, 0.1) is 0 Å². The molecule has 0 aliphatic carbocycles. The zero-order valence-corrected chi connectivity index (χ0v) is 11.4. The van der Waals surface area contributed by atoms with Crippen LogP contribution in [0.2, 0.25) is 0 Å². The second kappa shape index (κ2) is 4.86. The van der Waals surface area contributed by atoms with Crippen LogP contribution >= 0.6 is 23.2 Å². The maximum atomic E-state index is 5.90. The van der Waals surface area contributed by atoms with E-state index in [4.69, 9.17) is 34.5 Å². The monoisotopic (exact) mass is 303 g/mol. The summed E-state index contributed by atoms with van der Waals surface area (Å²) in [6, 6.07) is 0. The summed E-state index contributed by atoms with van der Waals surface area (Å²) in [6.07, 6.45) is 0. The van der Waals surface area contributed by atoms with Crippen molar-refractivity contribution in [3.63, 3.8) is 0 Å². The second-order valence-electron chi connectivity index (χ2n) is 3.29. The van der Waals surface area contributed by atoms with Gasteiger partial charge in [0.2, 0.25) is 0 Å². The Kier molecular flexibility index (Phi) is 3.98. The first kappa shape index (κ1) is 11.4. The summed E-state index contributed by atoms with van der Waals surface area (Å²) in [5.74, 6) is 0. The fourth-order valence-electron chi connectivity index (χ4n) is 1.60. The van der Waals surface area contributed by atoms with Crippen LogP contribution in [0.1, 0.15) is 0 Å². The number of nitrogens with zero attached hydrogens (tertiary/aromatic N) is 1. The molecule has 0 spiro atoms. The molecular formula is C7H13Cl2GeNO3. The van der Waals surface area contributed by atoms with Gasteiger partial charge in [0.05, 0.1) is 0 Å². The first-order chi connectivity index (χ1) is 6.73. The van der Waals surface area contributed by atoms with Gasteiger partial charge in [-0.25, -0.2) is 0 Å². The summed E-state index contributed by atoms with van der Waals surface area (Å²) in [6.45, 7) is 4.57. The molecule has 0 radical (unpaired) electrons. The SMILES string of the molecule is Cl[CH](Cl)[Ge]12[O]CCN(CC[O]1)CC[O]2. The summed E-state index contributed by atoms with van der Waals surface area (Å²) in [5.41, 5.74) is 0. The molecule has 0 N–H and O–H groups in total. The minimum absolute atomic E-state index is 0.607. The van der Waals surface area contributed by atoms with Crippen molar-refractivity contribution < 1.29 is 11.3 Å². The van der Waals surface area contributed by atoms with Crippen molar-refractivity contribution in [2.45, 2.75) is 3.67 Å². The molecule has 0 aromatic carbocycles. The molecule has 3 rings (SSSR count). The third kappa shape index (κ3) is 2.37. The third-order valence-corrected chi connectivity index (χ3v) is 10.1. The van der Waals surface area contributed by atoms with Crippen LogP contribution in [0.15, 0.2) is 0 Å². The topological polar surface area (TPSA) is 30.9 Å². The van der Waals surface area contributed by atoms with Gasteiger partial charge in [-0.3, -0.25) is 0 Å². The van der Waals surface area contributed by atoms with Crippen LogP contribution in [0.25, 0.3) is 0 Å². The van der Waals surface area contributed by atoms with Crippen molar-refractivity contribution in [3.8, 4) is 0 Å².